The summed E-state index contributed by atoms with van der Waals surface area (Å²) < 4.78 is 0. The van der Waals surface area contributed by atoms with Crippen LogP contribution in [0.25, 0.3) is 0 Å². The third-order valence-corrected chi connectivity index (χ3v) is 3.25. The minimum absolute atomic E-state index is 0.305. The lowest BCUT2D eigenvalue weighted by Crippen LogP contribution is -2.35. The molecule has 1 aromatic carbocycles. The van der Waals surface area contributed by atoms with E-state index in [1.54, 1.807) is 6.07 Å². The lowest BCUT2D eigenvalue weighted by atomic mass is 9.98. The van der Waals surface area contributed by atoms with Crippen LogP contribution in [0.3, 0.4) is 0 Å². The molecule has 1 heterocycles. The first kappa shape index (κ1) is 11.8. The third kappa shape index (κ3) is 2.52. The molecule has 1 aliphatic heterocycles. The average molecular weight is 234 g/mol. The number of carboxylic acids is 1. The number of nitrogens with two attached hydrogens (primary N) is 1. The molecule has 1 saturated heterocycles. The molecule has 0 unspecified atom stereocenters. The van der Waals surface area contributed by atoms with Crippen LogP contribution in [0.5, 0.6) is 0 Å². The zero-order chi connectivity index (χ0) is 12.4. The van der Waals surface area contributed by atoms with Gasteiger partial charge >= 0.3 is 5.97 Å². The van der Waals surface area contributed by atoms with Crippen molar-refractivity contribution in [3.8, 4) is 0 Å². The van der Waals surface area contributed by atoms with Gasteiger partial charge in [0.15, 0.2) is 0 Å². The summed E-state index contributed by atoms with van der Waals surface area (Å²) in [5.41, 5.74) is 7.23. The van der Waals surface area contributed by atoms with Crippen LogP contribution in [0.15, 0.2) is 18.2 Å². The van der Waals surface area contributed by atoms with Gasteiger partial charge in [-0.25, -0.2) is 4.79 Å². The summed E-state index contributed by atoms with van der Waals surface area (Å²) in [6, 6.07) is 5.12. The van der Waals surface area contributed by atoms with Crippen LogP contribution in [0.1, 0.15) is 30.1 Å². The second-order valence-corrected chi connectivity index (χ2v) is 4.78. The number of hydrogen-bond acceptors (Lipinski definition) is 3. The van der Waals surface area contributed by atoms with Gasteiger partial charge in [0.1, 0.15) is 0 Å². The van der Waals surface area contributed by atoms with Gasteiger partial charge in [0.2, 0.25) is 0 Å². The van der Waals surface area contributed by atoms with Gasteiger partial charge in [0, 0.05) is 18.8 Å². The first-order chi connectivity index (χ1) is 8.08. The summed E-state index contributed by atoms with van der Waals surface area (Å²) in [5.74, 6) is -0.298. The molecule has 0 bridgehead atoms. The molecular formula is C13H18N2O2. The van der Waals surface area contributed by atoms with E-state index < -0.39 is 5.97 Å². The Morgan fingerprint density at radius 1 is 1.53 bits per heavy atom. The fraction of sp³-hybridized carbons (Fsp3) is 0.462. The van der Waals surface area contributed by atoms with Crippen molar-refractivity contribution in [3.63, 3.8) is 0 Å². The van der Waals surface area contributed by atoms with E-state index in [0.717, 1.165) is 25.2 Å². The van der Waals surface area contributed by atoms with Crippen LogP contribution in [0.2, 0.25) is 0 Å². The zero-order valence-corrected chi connectivity index (χ0v) is 10.0. The van der Waals surface area contributed by atoms with E-state index in [-0.39, 0.29) is 0 Å². The van der Waals surface area contributed by atoms with Crippen molar-refractivity contribution in [1.29, 1.82) is 0 Å². The van der Waals surface area contributed by atoms with Crippen molar-refractivity contribution in [2.75, 3.05) is 23.7 Å². The third-order valence-electron chi connectivity index (χ3n) is 3.25. The van der Waals surface area contributed by atoms with Crippen LogP contribution >= 0.6 is 0 Å². The smallest absolute Gasteiger partial charge is 0.337 e. The Morgan fingerprint density at radius 3 is 2.94 bits per heavy atom. The molecule has 0 spiro atoms. The molecule has 1 aromatic rings. The quantitative estimate of drug-likeness (QED) is 0.770. The largest absolute Gasteiger partial charge is 0.478 e. The number of carbonyl (C=O) groups is 1. The fourth-order valence-electron chi connectivity index (χ4n) is 2.41. The number of hydrogen-bond donors (Lipinski definition) is 2. The predicted octanol–water partition coefficient (Wildman–Crippen LogP) is 2.20. The molecule has 0 radical (unpaired) electrons. The molecule has 1 fully saturated rings. The molecule has 2 rings (SSSR count). The summed E-state index contributed by atoms with van der Waals surface area (Å²) >= 11 is 0. The van der Waals surface area contributed by atoms with E-state index in [2.05, 4.69) is 11.8 Å². The highest BCUT2D eigenvalue weighted by atomic mass is 16.4. The highest BCUT2D eigenvalue weighted by molar-refractivity contribution is 5.95. The number of aromatic carboxylic acids is 1. The maximum absolute atomic E-state index is 11.2. The number of carboxylic acid groups (broad SMARTS) is 1. The predicted molar refractivity (Wildman–Crippen MR) is 68.4 cm³/mol. The van der Waals surface area contributed by atoms with E-state index >= 15 is 0 Å². The molecule has 4 heteroatoms. The van der Waals surface area contributed by atoms with Crippen molar-refractivity contribution >= 4 is 17.3 Å². The monoisotopic (exact) mass is 234 g/mol. The minimum atomic E-state index is -0.912. The fourth-order valence-corrected chi connectivity index (χ4v) is 2.41. The maximum atomic E-state index is 11.2. The Hall–Kier alpha value is -1.71. The van der Waals surface area contributed by atoms with Gasteiger partial charge in [0.25, 0.3) is 0 Å². The minimum Gasteiger partial charge on any atom is -0.478 e. The van der Waals surface area contributed by atoms with Gasteiger partial charge in [-0.2, -0.15) is 0 Å². The molecule has 3 N–H and O–H groups in total. The van der Waals surface area contributed by atoms with Crippen LogP contribution in [-0.2, 0) is 0 Å². The van der Waals surface area contributed by atoms with Crippen molar-refractivity contribution in [1.82, 2.24) is 0 Å². The van der Waals surface area contributed by atoms with E-state index in [1.807, 2.05) is 6.07 Å². The zero-order valence-electron chi connectivity index (χ0n) is 10.0. The SMILES string of the molecule is C[C@@H]1CCCN(c2ccc(N)cc2C(=O)O)C1. The van der Waals surface area contributed by atoms with Crippen LogP contribution in [-0.4, -0.2) is 24.2 Å². The van der Waals surface area contributed by atoms with Gasteiger partial charge in [-0.1, -0.05) is 6.92 Å². The lowest BCUT2D eigenvalue weighted by Gasteiger charge is -2.33. The van der Waals surface area contributed by atoms with E-state index in [1.165, 1.54) is 12.5 Å². The lowest BCUT2D eigenvalue weighted by molar-refractivity contribution is 0.0697. The Balaban J connectivity index is 2.33. The van der Waals surface area contributed by atoms with E-state index in [4.69, 9.17) is 5.73 Å². The van der Waals surface area contributed by atoms with Gasteiger partial charge in [0.05, 0.1) is 11.3 Å². The Kier molecular flexibility index (Phi) is 3.22. The summed E-state index contributed by atoms with van der Waals surface area (Å²) in [7, 11) is 0. The first-order valence-electron chi connectivity index (χ1n) is 5.95. The molecular weight excluding hydrogens is 216 g/mol. The van der Waals surface area contributed by atoms with Gasteiger partial charge < -0.3 is 15.7 Å². The number of rotatable bonds is 2. The molecule has 4 nitrogen and oxygen atoms in total. The molecule has 0 aromatic heterocycles. The summed E-state index contributed by atoms with van der Waals surface area (Å²) in [4.78, 5) is 13.4. The van der Waals surface area contributed by atoms with E-state index in [0.29, 0.717) is 17.2 Å². The molecule has 1 atom stereocenters. The molecule has 92 valence electrons. The highest BCUT2D eigenvalue weighted by Crippen LogP contribution is 2.27. The van der Waals surface area contributed by atoms with Crippen molar-refractivity contribution in [2.45, 2.75) is 19.8 Å². The Labute approximate surface area is 101 Å². The molecule has 0 amide bonds. The van der Waals surface area contributed by atoms with Gasteiger partial charge in [-0.3, -0.25) is 0 Å². The van der Waals surface area contributed by atoms with Gasteiger partial charge in [-0.05, 0) is 37.0 Å². The van der Waals surface area contributed by atoms with E-state index in [9.17, 15) is 9.90 Å². The number of benzene rings is 1. The maximum Gasteiger partial charge on any atom is 0.337 e. The Morgan fingerprint density at radius 2 is 2.29 bits per heavy atom. The standard InChI is InChI=1S/C13H18N2O2/c1-9-3-2-6-15(8-9)12-5-4-10(14)7-11(12)13(16)17/h4-5,7,9H,2-3,6,8,14H2,1H3,(H,16,17)/t9-/m1/s1. The summed E-state index contributed by atoms with van der Waals surface area (Å²) in [6.07, 6.45) is 2.33. The second-order valence-electron chi connectivity index (χ2n) is 4.78. The van der Waals surface area contributed by atoms with Crippen molar-refractivity contribution in [3.05, 3.63) is 23.8 Å². The van der Waals surface area contributed by atoms with Crippen molar-refractivity contribution < 1.29 is 9.90 Å². The topological polar surface area (TPSA) is 66.6 Å². The molecule has 1 aliphatic rings. The second kappa shape index (κ2) is 4.65. The van der Waals surface area contributed by atoms with Crippen LogP contribution in [0.4, 0.5) is 11.4 Å². The average Bonchev–Trinajstić information content (AvgIpc) is 2.28. The van der Waals surface area contributed by atoms with Crippen LogP contribution in [0, 0.1) is 5.92 Å². The Bertz CT molecular complexity index is 431. The van der Waals surface area contributed by atoms with Crippen molar-refractivity contribution in [2.24, 2.45) is 5.92 Å². The molecule has 0 saturated carbocycles. The summed E-state index contributed by atoms with van der Waals surface area (Å²) in [5, 5.41) is 9.20. The molecule has 0 aliphatic carbocycles. The highest BCUT2D eigenvalue weighted by Gasteiger charge is 2.21. The van der Waals surface area contributed by atoms with Crippen LogP contribution < -0.4 is 10.6 Å². The summed E-state index contributed by atoms with van der Waals surface area (Å²) in [6.45, 7) is 4.04. The number of piperidine rings is 1. The van der Waals surface area contributed by atoms with Gasteiger partial charge in [-0.15, -0.1) is 0 Å². The number of nitrogen functional groups attached to an aromatic ring is 1. The first-order valence-corrected chi connectivity index (χ1v) is 5.95. The number of nitrogens with zero attached hydrogens (tertiary/aromatic N) is 1. The number of anilines is 2. The normalized spacial score (nSPS) is 20.3. The molecule has 17 heavy (non-hydrogen) atoms.